The number of amides is 4. The first-order chi connectivity index (χ1) is 52.7. The Kier molecular flexibility index (Phi) is 28.7. The van der Waals surface area contributed by atoms with Crippen molar-refractivity contribution in [3.8, 4) is 44.6 Å². The summed E-state index contributed by atoms with van der Waals surface area (Å²) < 4.78 is 35.3. The third-order valence-corrected chi connectivity index (χ3v) is 18.3. The van der Waals surface area contributed by atoms with Gasteiger partial charge in [-0.2, -0.15) is 0 Å². The minimum Gasteiger partial charge on any atom is -0.449 e. The molecule has 0 saturated carbocycles. The Balaban J connectivity index is 0.000000169. The third kappa shape index (κ3) is 21.6. The van der Waals surface area contributed by atoms with Gasteiger partial charge >= 0.3 is 0 Å². The van der Waals surface area contributed by atoms with E-state index >= 15 is 0 Å². The van der Waals surface area contributed by atoms with Crippen LogP contribution in [0.25, 0.3) is 44.6 Å². The maximum Gasteiger partial charge on any atom is 0.226 e. The van der Waals surface area contributed by atoms with E-state index in [1.807, 2.05) is 75.4 Å². The van der Waals surface area contributed by atoms with Crippen LogP contribution in [0.4, 0.5) is 27.1 Å². The lowest BCUT2D eigenvalue weighted by molar-refractivity contribution is -0.118. The lowest BCUT2D eigenvalue weighted by Gasteiger charge is -2.18. The van der Waals surface area contributed by atoms with Crippen LogP contribution in [-0.2, 0) is 44.9 Å². The van der Waals surface area contributed by atoms with Crippen LogP contribution >= 0.6 is 34.8 Å². The number of rotatable bonds is 24. The molecule has 564 valence electrons. The van der Waals surface area contributed by atoms with Crippen LogP contribution in [-0.4, -0.2) is 105 Å². The Bertz CT molecular complexity index is 4900. The van der Waals surface area contributed by atoms with Crippen molar-refractivity contribution in [3.05, 3.63) is 274 Å². The van der Waals surface area contributed by atoms with Crippen LogP contribution in [0.5, 0.6) is 0 Å². The number of nitrogens with zero attached hydrogens (tertiary/aromatic N) is 10. The van der Waals surface area contributed by atoms with Crippen molar-refractivity contribution in [2.24, 2.45) is 0 Å². The Labute approximate surface area is 649 Å². The number of oxazole rings is 4. The second-order valence-corrected chi connectivity index (χ2v) is 26.1. The average Bonchev–Trinajstić information content (AvgIpc) is 1.04. The summed E-state index contributed by atoms with van der Waals surface area (Å²) in [6, 6.07) is 42.2. The molecule has 0 unspecified atom stereocenters. The molecule has 110 heavy (non-hydrogen) atoms. The van der Waals surface area contributed by atoms with E-state index in [1.165, 1.54) is 42.1 Å². The smallest absolute Gasteiger partial charge is 0.226 e. The van der Waals surface area contributed by atoms with Gasteiger partial charge in [0, 0.05) is 111 Å². The Hall–Kier alpha value is -12.2. The first-order valence-corrected chi connectivity index (χ1v) is 36.0. The van der Waals surface area contributed by atoms with Crippen LogP contribution in [0.1, 0.15) is 130 Å². The van der Waals surface area contributed by atoms with Crippen LogP contribution in [0.2, 0.25) is 15.1 Å². The largest absolute Gasteiger partial charge is 0.449 e. The van der Waals surface area contributed by atoms with Gasteiger partial charge in [0.1, 0.15) is 35.6 Å². The predicted molar refractivity (Wildman–Crippen MR) is 421 cm³/mol. The maximum atomic E-state index is 14.5. The zero-order chi connectivity index (χ0) is 79.3. The summed E-state index contributed by atoms with van der Waals surface area (Å²) in [7, 11) is 6.69. The lowest BCUT2D eigenvalue weighted by Crippen LogP contribution is -2.25. The van der Waals surface area contributed by atoms with Gasteiger partial charge in [-0.15, -0.1) is 0 Å². The van der Waals surface area contributed by atoms with E-state index in [1.54, 1.807) is 167 Å². The first kappa shape index (κ1) is 81.9. The quantitative estimate of drug-likeness (QED) is 0.0508. The van der Waals surface area contributed by atoms with E-state index < -0.39 is 5.82 Å². The molecule has 0 aliphatic heterocycles. The van der Waals surface area contributed by atoms with E-state index in [9.17, 15) is 42.7 Å². The summed E-state index contributed by atoms with van der Waals surface area (Å²) in [6.45, 7) is 10.7. The number of Topliss-reactive ketones (excluding diaryl/α,β-unsaturated/α-hetero) is 4. The van der Waals surface area contributed by atoms with Crippen molar-refractivity contribution in [1.82, 2.24) is 29.9 Å². The van der Waals surface area contributed by atoms with Gasteiger partial charge in [-0.25, -0.2) is 24.3 Å². The number of anilines is 4. The van der Waals surface area contributed by atoms with Crippen molar-refractivity contribution >= 4 is 104 Å². The molecule has 6 aromatic carbocycles. The number of ketones is 4. The second-order valence-electron chi connectivity index (χ2n) is 24.9. The molecule has 6 aromatic heterocycles. The molecule has 0 spiro atoms. The molecule has 22 nitrogen and oxygen atoms in total. The van der Waals surface area contributed by atoms with E-state index in [2.05, 4.69) is 29.9 Å². The molecule has 26 heteroatoms. The highest BCUT2D eigenvalue weighted by atomic mass is 35.5. The summed E-state index contributed by atoms with van der Waals surface area (Å²) in [5.74, 6) is 1.80. The number of hydrogen-bond acceptors (Lipinski definition) is 18. The molecule has 0 radical (unpaired) electrons. The second kappa shape index (κ2) is 38.6. The Morgan fingerprint density at radius 3 is 1.20 bits per heavy atom. The lowest BCUT2D eigenvalue weighted by atomic mass is 10.0. The number of carbonyl (C=O) groups is 8. The van der Waals surface area contributed by atoms with E-state index in [0.717, 1.165) is 39.1 Å². The Morgan fingerprint density at radius 2 is 0.791 bits per heavy atom. The molecule has 0 bridgehead atoms. The molecule has 4 amide bonds. The standard InChI is InChI=1S/C22H21ClN2O3.C22H21FN2O3.2C20H18ClN3O3/c2*1-4-22(27)25(3)19-10-9-17(11-18(19)23)15-5-7-16(8-6-15)20(26)12-21-24-13-14(2)28-21;1-3-20(26)24(2)14-5-6-15(16(21)10-14)17-7-4-13(12-23-17)18(25)11-19-22-8-9-27-19;1-3-20(26)24(2)14-5-6-15(16(21)10-14)13-4-7-17(23-12-13)18(25)11-19-22-8-9-27-19/h2*5-11,13H,4,12H2,1-3H3;2*4-10,12H,3,11H2,1-2H3. The van der Waals surface area contributed by atoms with Gasteiger partial charge in [-0.3, -0.25) is 48.3 Å². The summed E-state index contributed by atoms with van der Waals surface area (Å²) in [4.78, 5) is 127. The fourth-order valence-corrected chi connectivity index (χ4v) is 11.9. The third-order valence-electron chi connectivity index (χ3n) is 17.4. The monoisotopic (exact) mass is 1540 g/mol. The van der Waals surface area contributed by atoms with E-state index in [4.69, 9.17) is 52.5 Å². The highest BCUT2D eigenvalue weighted by Crippen LogP contribution is 2.35. The predicted octanol–water partition coefficient (Wildman–Crippen LogP) is 18.1. The van der Waals surface area contributed by atoms with Crippen LogP contribution in [0, 0.1) is 19.7 Å². The zero-order valence-electron chi connectivity index (χ0n) is 62.0. The van der Waals surface area contributed by atoms with E-state index in [0.29, 0.717) is 121 Å². The molecule has 0 aliphatic rings. The number of halogens is 4. The molecular weight excluding hydrogens is 1470 g/mol. The van der Waals surface area contributed by atoms with Gasteiger partial charge in [0.2, 0.25) is 47.2 Å². The van der Waals surface area contributed by atoms with Crippen molar-refractivity contribution in [3.63, 3.8) is 0 Å². The van der Waals surface area contributed by atoms with Gasteiger partial charge in [0.15, 0.2) is 23.1 Å². The maximum absolute atomic E-state index is 14.5. The fraction of sp³-hybridized carbons (Fsp3) is 0.214. The van der Waals surface area contributed by atoms with Gasteiger partial charge in [0.25, 0.3) is 0 Å². The highest BCUT2D eigenvalue weighted by molar-refractivity contribution is 6.35. The number of aromatic nitrogens is 6. The highest BCUT2D eigenvalue weighted by Gasteiger charge is 2.21. The van der Waals surface area contributed by atoms with E-state index in [-0.39, 0.29) is 78.1 Å². The van der Waals surface area contributed by atoms with Crippen LogP contribution in [0.3, 0.4) is 0 Å². The molecule has 0 aliphatic carbocycles. The summed E-state index contributed by atoms with van der Waals surface area (Å²) in [5.41, 5.74) is 10.5. The number of hydrogen-bond donors (Lipinski definition) is 0. The minimum atomic E-state index is -0.471. The van der Waals surface area contributed by atoms with Gasteiger partial charge in [0.05, 0.1) is 82.6 Å². The summed E-state index contributed by atoms with van der Waals surface area (Å²) >= 11 is 19.2. The normalized spacial score (nSPS) is 10.7. The average molecular weight is 1540 g/mol. The molecule has 0 saturated heterocycles. The zero-order valence-corrected chi connectivity index (χ0v) is 64.3. The van der Waals surface area contributed by atoms with Gasteiger partial charge in [-0.1, -0.05) is 135 Å². The molecule has 12 rings (SSSR count). The first-order valence-electron chi connectivity index (χ1n) is 34.9. The SMILES string of the molecule is CCC(=O)N(C)c1ccc(-c2ccc(C(=O)Cc3ncc(C)o3)cc2)cc1Cl.CCC(=O)N(C)c1ccc(-c2ccc(C(=O)Cc3ncc(C)o3)cc2)cc1F.CCC(=O)N(C)c1ccc(-c2ccc(C(=O)Cc3ncco3)cn2)c(Cl)c1.CCC(=O)N(C)c1ccc(-c2ccc(C(=O)Cc3ncco3)nc2)c(Cl)c1. The number of pyridine rings is 2. The molecule has 0 fully saturated rings. The van der Waals surface area contributed by atoms with Crippen molar-refractivity contribution in [2.75, 3.05) is 47.8 Å². The van der Waals surface area contributed by atoms with Crippen LogP contribution < -0.4 is 19.6 Å². The fourth-order valence-electron chi connectivity index (χ4n) is 11.0. The van der Waals surface area contributed by atoms with Crippen molar-refractivity contribution < 1.29 is 60.4 Å². The Morgan fingerprint density at radius 1 is 0.373 bits per heavy atom. The summed E-state index contributed by atoms with van der Waals surface area (Å²) in [5, 5.41) is 1.49. The summed E-state index contributed by atoms with van der Waals surface area (Å²) in [6.07, 6.45) is 14.1. The molecule has 12 aromatic rings. The van der Waals surface area contributed by atoms with Gasteiger partial charge in [-0.05, 0) is 109 Å². The van der Waals surface area contributed by atoms with Crippen molar-refractivity contribution in [1.29, 1.82) is 0 Å². The van der Waals surface area contributed by atoms with Gasteiger partial charge < -0.3 is 37.3 Å². The van der Waals surface area contributed by atoms with Crippen LogP contribution in [0.15, 0.2) is 213 Å². The topological polar surface area (TPSA) is 279 Å². The number of carbonyl (C=O) groups excluding carboxylic acids is 8. The molecule has 0 atom stereocenters. The minimum absolute atomic E-state index is 0.00115. The molecule has 0 N–H and O–H groups in total. The number of benzene rings is 6. The molecule has 6 heterocycles. The molecular formula is C84H78Cl3FN10O12. The van der Waals surface area contributed by atoms with Crippen molar-refractivity contribution in [2.45, 2.75) is 92.9 Å². The number of aryl methyl sites for hydroxylation is 2.